The van der Waals surface area contributed by atoms with Gasteiger partial charge in [-0.05, 0) is 35.9 Å². The van der Waals surface area contributed by atoms with Crippen LogP contribution in [-0.2, 0) is 22.0 Å². The first kappa shape index (κ1) is 23.9. The highest BCUT2D eigenvalue weighted by Gasteiger charge is 2.43. The molecule has 0 aromatic heterocycles. The number of amides is 1. The summed E-state index contributed by atoms with van der Waals surface area (Å²) < 4.78 is 76.7. The van der Waals surface area contributed by atoms with E-state index in [2.05, 4.69) is 10.5 Å². The first-order chi connectivity index (χ1) is 15.9. The molecule has 34 heavy (non-hydrogen) atoms. The molecule has 12 heteroatoms. The molecule has 0 radical (unpaired) electrons. The zero-order valence-electron chi connectivity index (χ0n) is 17.5. The van der Waals surface area contributed by atoms with E-state index in [1.807, 2.05) is 0 Å². The molecule has 182 valence electrons. The Hall–Kier alpha value is -3.28. The van der Waals surface area contributed by atoms with E-state index in [1.54, 1.807) is 0 Å². The molecule has 0 saturated carbocycles. The van der Waals surface area contributed by atoms with Gasteiger partial charge in [-0.25, -0.2) is 4.79 Å². The van der Waals surface area contributed by atoms with Crippen LogP contribution in [0.5, 0.6) is 0 Å². The number of hydrogen-bond donors (Lipinski definition) is 1. The molecule has 1 fully saturated rings. The quantitative estimate of drug-likeness (QED) is 0.552. The maximum Gasteiger partial charge on any atom is 0.430 e. The zero-order valence-corrected chi connectivity index (χ0v) is 17.5. The van der Waals surface area contributed by atoms with Crippen LogP contribution in [0.2, 0.25) is 0 Å². The van der Waals surface area contributed by atoms with Crippen molar-refractivity contribution in [2.24, 2.45) is 5.16 Å². The second kappa shape index (κ2) is 8.82. The van der Waals surface area contributed by atoms with Gasteiger partial charge in [-0.1, -0.05) is 23.4 Å². The molecule has 0 bridgehead atoms. The average molecular weight is 487 g/mol. The highest BCUT2D eigenvalue weighted by Crippen LogP contribution is 2.37. The Bertz CT molecular complexity index is 1070. The fourth-order valence-corrected chi connectivity index (χ4v) is 3.81. The molecule has 1 amide bonds. The van der Waals surface area contributed by atoms with Crippen molar-refractivity contribution in [2.45, 2.75) is 37.2 Å². The first-order valence-corrected chi connectivity index (χ1v) is 10.3. The van der Waals surface area contributed by atoms with E-state index >= 15 is 0 Å². The normalized spacial score (nSPS) is 18.4. The highest BCUT2D eigenvalue weighted by atomic mass is 19.4. The maximum absolute atomic E-state index is 12.8. The Labute approximate surface area is 190 Å². The van der Waals surface area contributed by atoms with Crippen molar-refractivity contribution < 1.29 is 40.8 Å². The SMILES string of the molecule is O=C(Nc1cccc(C(F)(F)F)c1)ON1CCC2(CC1)CC(c1ccc(C(F)(F)F)cc1)=NO2. The van der Waals surface area contributed by atoms with Crippen molar-refractivity contribution in [3.63, 3.8) is 0 Å². The molecule has 1 N–H and O–H groups in total. The van der Waals surface area contributed by atoms with Crippen molar-refractivity contribution in [2.75, 3.05) is 18.4 Å². The number of benzene rings is 2. The lowest BCUT2D eigenvalue weighted by atomic mass is 9.86. The monoisotopic (exact) mass is 487 g/mol. The van der Waals surface area contributed by atoms with Gasteiger partial charge in [0.15, 0.2) is 0 Å². The van der Waals surface area contributed by atoms with Crippen LogP contribution in [0.25, 0.3) is 0 Å². The molecule has 2 aromatic carbocycles. The Kier molecular flexibility index (Phi) is 6.19. The molecule has 0 unspecified atom stereocenters. The molecule has 6 nitrogen and oxygen atoms in total. The van der Waals surface area contributed by atoms with E-state index in [1.165, 1.54) is 29.3 Å². The van der Waals surface area contributed by atoms with Crippen LogP contribution >= 0.6 is 0 Å². The minimum atomic E-state index is -4.54. The fraction of sp³-hybridized carbons (Fsp3) is 0.364. The molecule has 1 saturated heterocycles. The number of carbonyl (C=O) groups excluding carboxylic acids is 1. The smallest absolute Gasteiger partial charge is 0.388 e. The minimum absolute atomic E-state index is 0.0537. The summed E-state index contributed by atoms with van der Waals surface area (Å²) in [5, 5.41) is 7.69. The average Bonchev–Trinajstić information content (AvgIpc) is 3.18. The Balaban J connectivity index is 1.28. The van der Waals surface area contributed by atoms with Gasteiger partial charge in [0.05, 0.1) is 16.8 Å². The van der Waals surface area contributed by atoms with Gasteiger partial charge < -0.3 is 9.68 Å². The lowest BCUT2D eigenvalue weighted by molar-refractivity contribution is -0.154. The summed E-state index contributed by atoms with van der Waals surface area (Å²) in [6, 6.07) is 8.86. The predicted octanol–water partition coefficient (Wildman–Crippen LogP) is 5.85. The van der Waals surface area contributed by atoms with Gasteiger partial charge in [0.1, 0.15) is 5.60 Å². The van der Waals surface area contributed by atoms with E-state index in [9.17, 15) is 31.1 Å². The molecule has 2 heterocycles. The standard InChI is InChI=1S/C22H19F6N3O3/c23-21(24,25)15-6-4-14(5-7-15)18-13-20(34-30-18)8-10-31(11-9-20)33-19(32)29-17-3-1-2-16(12-17)22(26,27)28/h1-7,12H,8-11,13H2,(H,29,32). The summed E-state index contributed by atoms with van der Waals surface area (Å²) >= 11 is 0. The number of nitrogens with one attached hydrogen (secondary N) is 1. The fourth-order valence-electron chi connectivity index (χ4n) is 3.81. The number of rotatable bonds is 3. The topological polar surface area (TPSA) is 63.2 Å². The van der Waals surface area contributed by atoms with Crippen molar-refractivity contribution in [3.8, 4) is 0 Å². The summed E-state index contributed by atoms with van der Waals surface area (Å²) in [6.07, 6.45) is -8.64. The number of alkyl halides is 6. The first-order valence-electron chi connectivity index (χ1n) is 10.3. The van der Waals surface area contributed by atoms with Gasteiger partial charge in [-0.2, -0.15) is 26.3 Å². The van der Waals surface area contributed by atoms with Gasteiger partial charge >= 0.3 is 18.4 Å². The number of piperidine rings is 1. The molecule has 1 spiro atoms. The van der Waals surface area contributed by atoms with E-state index in [-0.39, 0.29) is 18.8 Å². The minimum Gasteiger partial charge on any atom is -0.388 e. The van der Waals surface area contributed by atoms with E-state index in [0.717, 1.165) is 24.3 Å². The Morgan fingerprint density at radius 1 is 0.971 bits per heavy atom. The van der Waals surface area contributed by atoms with Crippen molar-refractivity contribution >= 4 is 17.5 Å². The highest BCUT2D eigenvalue weighted by molar-refractivity contribution is 6.01. The van der Waals surface area contributed by atoms with Crippen LogP contribution in [0, 0.1) is 0 Å². The summed E-state index contributed by atoms with van der Waals surface area (Å²) in [4.78, 5) is 22.9. The van der Waals surface area contributed by atoms with Crippen LogP contribution in [-0.4, -0.2) is 35.6 Å². The molecular formula is C22H19F6N3O3. The summed E-state index contributed by atoms with van der Waals surface area (Å²) in [6.45, 7) is 0.567. The van der Waals surface area contributed by atoms with Crippen LogP contribution in [0.1, 0.15) is 36.0 Å². The van der Waals surface area contributed by atoms with Gasteiger partial charge in [0.2, 0.25) is 0 Å². The van der Waals surface area contributed by atoms with Crippen LogP contribution in [0.3, 0.4) is 0 Å². The molecule has 0 atom stereocenters. The van der Waals surface area contributed by atoms with Gasteiger partial charge in [0.25, 0.3) is 0 Å². The van der Waals surface area contributed by atoms with Crippen molar-refractivity contribution in [3.05, 3.63) is 65.2 Å². The third kappa shape index (κ3) is 5.44. The van der Waals surface area contributed by atoms with E-state index < -0.39 is 35.2 Å². The van der Waals surface area contributed by atoms with Gasteiger partial charge in [-0.15, -0.1) is 5.06 Å². The summed E-state index contributed by atoms with van der Waals surface area (Å²) in [5.74, 6) is 0. The largest absolute Gasteiger partial charge is 0.430 e. The number of halogens is 6. The number of hydrogen-bond acceptors (Lipinski definition) is 5. The molecule has 4 rings (SSSR count). The predicted molar refractivity (Wildman–Crippen MR) is 109 cm³/mol. The molecule has 2 aromatic rings. The second-order valence-electron chi connectivity index (χ2n) is 8.08. The second-order valence-corrected chi connectivity index (χ2v) is 8.08. The Morgan fingerprint density at radius 3 is 2.24 bits per heavy atom. The maximum atomic E-state index is 12.8. The van der Waals surface area contributed by atoms with Crippen LogP contribution in [0.15, 0.2) is 53.7 Å². The third-order valence-corrected chi connectivity index (χ3v) is 5.67. The number of carbonyl (C=O) groups is 1. The van der Waals surface area contributed by atoms with Crippen molar-refractivity contribution in [1.29, 1.82) is 0 Å². The molecular weight excluding hydrogens is 468 g/mol. The Morgan fingerprint density at radius 2 is 1.62 bits per heavy atom. The summed E-state index contributed by atoms with van der Waals surface area (Å²) in [5.41, 5.74) is -1.29. The van der Waals surface area contributed by atoms with E-state index in [0.29, 0.717) is 30.5 Å². The van der Waals surface area contributed by atoms with Crippen molar-refractivity contribution in [1.82, 2.24) is 5.06 Å². The number of oxime groups is 1. The molecule has 0 aliphatic carbocycles. The van der Waals surface area contributed by atoms with E-state index in [4.69, 9.17) is 9.68 Å². The number of nitrogens with zero attached hydrogens (tertiary/aromatic N) is 2. The number of hydroxylamine groups is 2. The molecule has 2 aliphatic rings. The van der Waals surface area contributed by atoms with Gasteiger partial charge in [-0.3, -0.25) is 5.32 Å². The van der Waals surface area contributed by atoms with Crippen LogP contribution in [0.4, 0.5) is 36.8 Å². The number of anilines is 1. The lowest BCUT2D eigenvalue weighted by Gasteiger charge is -2.35. The lowest BCUT2D eigenvalue weighted by Crippen LogP contribution is -2.45. The van der Waals surface area contributed by atoms with Crippen LogP contribution < -0.4 is 5.32 Å². The summed E-state index contributed by atoms with van der Waals surface area (Å²) in [7, 11) is 0. The third-order valence-electron chi connectivity index (χ3n) is 5.67. The van der Waals surface area contributed by atoms with Gasteiger partial charge in [0, 0.05) is 38.0 Å². The zero-order chi connectivity index (χ0) is 24.6. The molecule has 2 aliphatic heterocycles.